The zero-order valence-corrected chi connectivity index (χ0v) is 12.6. The molecule has 2 unspecified atom stereocenters. The molecule has 16 heavy (non-hydrogen) atoms. The van der Waals surface area contributed by atoms with Gasteiger partial charge >= 0.3 is 0 Å². The van der Waals surface area contributed by atoms with E-state index in [-0.39, 0.29) is 0 Å². The molecule has 2 heteroatoms. The maximum atomic E-state index is 3.59. The minimum absolute atomic E-state index is 0.594. The van der Waals surface area contributed by atoms with Crippen LogP contribution in [0.5, 0.6) is 0 Å². The van der Waals surface area contributed by atoms with Crippen LogP contribution in [0, 0.1) is 3.57 Å². The number of likely N-dealkylation sites (N-methyl/N-ethyl adjacent to an activating group) is 1. The van der Waals surface area contributed by atoms with Gasteiger partial charge < -0.3 is 5.32 Å². The van der Waals surface area contributed by atoms with Gasteiger partial charge in [0.25, 0.3) is 0 Å². The highest BCUT2D eigenvalue weighted by Crippen LogP contribution is 2.22. The monoisotopic (exact) mass is 331 g/mol. The lowest BCUT2D eigenvalue weighted by atomic mass is 9.90. The molecular formula is C14H22IN. The number of hydrogen-bond donors (Lipinski definition) is 1. The van der Waals surface area contributed by atoms with E-state index in [0.717, 1.165) is 6.54 Å². The first-order valence-corrected chi connectivity index (χ1v) is 7.25. The Morgan fingerprint density at radius 2 is 1.81 bits per heavy atom. The Kier molecular flexibility index (Phi) is 6.36. The van der Waals surface area contributed by atoms with E-state index in [1.54, 1.807) is 0 Å². The van der Waals surface area contributed by atoms with Crippen molar-refractivity contribution in [1.29, 1.82) is 0 Å². The zero-order chi connectivity index (χ0) is 12.0. The third-order valence-corrected chi connectivity index (χ3v) is 3.78. The first-order chi connectivity index (χ1) is 7.69. The van der Waals surface area contributed by atoms with Gasteiger partial charge in [-0.2, -0.15) is 0 Å². The second kappa shape index (κ2) is 7.28. The summed E-state index contributed by atoms with van der Waals surface area (Å²) < 4.78 is 1.31. The van der Waals surface area contributed by atoms with Crippen LogP contribution in [0.3, 0.4) is 0 Å². The maximum absolute atomic E-state index is 3.59. The second-order valence-corrected chi connectivity index (χ2v) is 5.54. The van der Waals surface area contributed by atoms with Crippen LogP contribution < -0.4 is 5.32 Å². The molecule has 0 heterocycles. The van der Waals surface area contributed by atoms with Crippen LogP contribution in [0.25, 0.3) is 0 Å². The number of hydrogen-bond acceptors (Lipinski definition) is 1. The fourth-order valence-corrected chi connectivity index (χ4v) is 2.46. The molecule has 0 saturated heterocycles. The van der Waals surface area contributed by atoms with Crippen LogP contribution in [-0.4, -0.2) is 12.6 Å². The Hall–Kier alpha value is -0.0900. The molecule has 0 fully saturated rings. The second-order valence-electron chi connectivity index (χ2n) is 4.29. The number of rotatable bonds is 6. The Bertz CT molecular complexity index is 288. The molecule has 1 aromatic rings. The summed E-state index contributed by atoms with van der Waals surface area (Å²) in [6, 6.07) is 9.51. The van der Waals surface area contributed by atoms with Crippen LogP contribution in [0.15, 0.2) is 24.3 Å². The van der Waals surface area contributed by atoms with Gasteiger partial charge in [-0.05, 0) is 59.2 Å². The SMILES string of the molecule is CCCC(NCC)C(C)c1ccc(I)cc1. The molecule has 0 radical (unpaired) electrons. The van der Waals surface area contributed by atoms with Crippen LogP contribution in [0.4, 0.5) is 0 Å². The van der Waals surface area contributed by atoms with Gasteiger partial charge in [0, 0.05) is 9.61 Å². The van der Waals surface area contributed by atoms with Crippen molar-refractivity contribution in [2.24, 2.45) is 0 Å². The van der Waals surface area contributed by atoms with Crippen molar-refractivity contribution in [3.63, 3.8) is 0 Å². The lowest BCUT2D eigenvalue weighted by Crippen LogP contribution is -2.33. The number of halogens is 1. The Morgan fingerprint density at radius 3 is 2.31 bits per heavy atom. The van der Waals surface area contributed by atoms with Gasteiger partial charge in [-0.3, -0.25) is 0 Å². The molecule has 0 aliphatic carbocycles. The lowest BCUT2D eigenvalue weighted by Gasteiger charge is -2.25. The molecule has 0 bridgehead atoms. The van der Waals surface area contributed by atoms with Gasteiger partial charge in [0.05, 0.1) is 0 Å². The summed E-state index contributed by atoms with van der Waals surface area (Å²) in [7, 11) is 0. The summed E-state index contributed by atoms with van der Waals surface area (Å²) >= 11 is 2.35. The van der Waals surface area contributed by atoms with E-state index < -0.39 is 0 Å². The van der Waals surface area contributed by atoms with Gasteiger partial charge in [-0.25, -0.2) is 0 Å². The van der Waals surface area contributed by atoms with Crippen LogP contribution in [-0.2, 0) is 0 Å². The van der Waals surface area contributed by atoms with E-state index in [4.69, 9.17) is 0 Å². The topological polar surface area (TPSA) is 12.0 Å². The van der Waals surface area contributed by atoms with E-state index in [0.29, 0.717) is 12.0 Å². The quantitative estimate of drug-likeness (QED) is 0.772. The Balaban J connectivity index is 2.72. The molecule has 0 aliphatic rings. The standard InChI is InChI=1S/C14H22IN/c1-4-6-14(16-5-2)11(3)12-7-9-13(15)10-8-12/h7-11,14,16H,4-6H2,1-3H3. The predicted octanol–water partition coefficient (Wildman–Crippen LogP) is 4.17. The molecule has 1 aromatic carbocycles. The molecule has 0 aromatic heterocycles. The van der Waals surface area contributed by atoms with Gasteiger partial charge in [0.1, 0.15) is 0 Å². The highest BCUT2D eigenvalue weighted by molar-refractivity contribution is 14.1. The normalized spacial score (nSPS) is 14.8. The summed E-state index contributed by atoms with van der Waals surface area (Å²) in [6.45, 7) is 7.82. The Morgan fingerprint density at radius 1 is 1.19 bits per heavy atom. The van der Waals surface area contributed by atoms with Gasteiger partial charge in [0.15, 0.2) is 0 Å². The van der Waals surface area contributed by atoms with Crippen molar-refractivity contribution in [2.45, 2.75) is 45.6 Å². The largest absolute Gasteiger partial charge is 0.314 e. The highest BCUT2D eigenvalue weighted by Gasteiger charge is 2.16. The van der Waals surface area contributed by atoms with Crippen LogP contribution >= 0.6 is 22.6 Å². The summed E-state index contributed by atoms with van der Waals surface area (Å²) in [5.41, 5.74) is 1.44. The summed E-state index contributed by atoms with van der Waals surface area (Å²) in [4.78, 5) is 0. The molecule has 0 aliphatic heterocycles. The predicted molar refractivity (Wildman–Crippen MR) is 79.9 cm³/mol. The number of benzene rings is 1. The molecule has 1 N–H and O–H groups in total. The van der Waals surface area contributed by atoms with E-state index in [2.05, 4.69) is 72.9 Å². The van der Waals surface area contributed by atoms with E-state index in [1.165, 1.54) is 22.0 Å². The van der Waals surface area contributed by atoms with Crippen molar-refractivity contribution in [1.82, 2.24) is 5.32 Å². The van der Waals surface area contributed by atoms with Crippen LogP contribution in [0.2, 0.25) is 0 Å². The van der Waals surface area contributed by atoms with Gasteiger partial charge in [-0.1, -0.05) is 39.3 Å². The average molecular weight is 331 g/mol. The molecule has 0 saturated carbocycles. The molecule has 1 nitrogen and oxygen atoms in total. The minimum atomic E-state index is 0.594. The fraction of sp³-hybridized carbons (Fsp3) is 0.571. The van der Waals surface area contributed by atoms with Crippen LogP contribution in [0.1, 0.15) is 45.1 Å². The third kappa shape index (κ3) is 4.06. The first-order valence-electron chi connectivity index (χ1n) is 6.17. The summed E-state index contributed by atoms with van der Waals surface area (Å²) in [6.07, 6.45) is 2.49. The maximum Gasteiger partial charge on any atom is 0.0133 e. The van der Waals surface area contributed by atoms with E-state index in [1.807, 2.05) is 0 Å². The number of nitrogens with one attached hydrogen (secondary N) is 1. The van der Waals surface area contributed by atoms with Crippen molar-refractivity contribution in [3.8, 4) is 0 Å². The van der Waals surface area contributed by atoms with Crippen molar-refractivity contribution in [2.75, 3.05) is 6.54 Å². The van der Waals surface area contributed by atoms with Gasteiger partial charge in [0.2, 0.25) is 0 Å². The fourth-order valence-electron chi connectivity index (χ4n) is 2.10. The van der Waals surface area contributed by atoms with Crippen molar-refractivity contribution >= 4 is 22.6 Å². The lowest BCUT2D eigenvalue weighted by molar-refractivity contribution is 0.430. The zero-order valence-electron chi connectivity index (χ0n) is 10.5. The molecule has 0 amide bonds. The molecule has 1 rings (SSSR count). The third-order valence-electron chi connectivity index (χ3n) is 3.07. The van der Waals surface area contributed by atoms with Crippen molar-refractivity contribution in [3.05, 3.63) is 33.4 Å². The molecular weight excluding hydrogens is 309 g/mol. The Labute approximate surface area is 113 Å². The first kappa shape index (κ1) is 14.0. The smallest absolute Gasteiger partial charge is 0.0133 e. The molecule has 90 valence electrons. The summed E-state index contributed by atoms with van der Waals surface area (Å²) in [5, 5.41) is 3.59. The summed E-state index contributed by atoms with van der Waals surface area (Å²) in [5.74, 6) is 0.594. The minimum Gasteiger partial charge on any atom is -0.314 e. The van der Waals surface area contributed by atoms with Crippen molar-refractivity contribution < 1.29 is 0 Å². The van der Waals surface area contributed by atoms with E-state index in [9.17, 15) is 0 Å². The average Bonchev–Trinajstić information content (AvgIpc) is 2.29. The molecule has 0 spiro atoms. The van der Waals surface area contributed by atoms with Gasteiger partial charge in [-0.15, -0.1) is 0 Å². The highest BCUT2D eigenvalue weighted by atomic mass is 127. The van der Waals surface area contributed by atoms with E-state index >= 15 is 0 Å². The molecule has 2 atom stereocenters.